The van der Waals surface area contributed by atoms with Crippen LogP contribution < -0.4 is 5.56 Å². The van der Waals surface area contributed by atoms with E-state index >= 15 is 0 Å². The largest absolute Gasteiger partial charge is 0.481 e. The second kappa shape index (κ2) is 6.19. The molecule has 0 aliphatic heterocycles. The Bertz CT molecular complexity index is 798. The average molecular weight is 305 g/mol. The highest BCUT2D eigenvalue weighted by molar-refractivity contribution is 7.99. The van der Waals surface area contributed by atoms with E-state index in [0.717, 1.165) is 17.8 Å². The minimum atomic E-state index is -1.05. The van der Waals surface area contributed by atoms with Gasteiger partial charge in [0, 0.05) is 18.0 Å². The van der Waals surface area contributed by atoms with Crippen LogP contribution in [0.5, 0.6) is 0 Å². The van der Waals surface area contributed by atoms with Crippen LogP contribution >= 0.6 is 11.8 Å². The van der Waals surface area contributed by atoms with Crippen LogP contribution in [0.1, 0.15) is 5.56 Å². The highest BCUT2D eigenvalue weighted by Gasteiger charge is 2.10. The molecule has 1 aromatic carbocycles. The molecule has 0 spiro atoms. The van der Waals surface area contributed by atoms with E-state index in [1.807, 2.05) is 0 Å². The van der Waals surface area contributed by atoms with Crippen molar-refractivity contribution in [2.75, 3.05) is 5.75 Å². The van der Waals surface area contributed by atoms with E-state index < -0.39 is 17.3 Å². The van der Waals surface area contributed by atoms with E-state index in [2.05, 4.69) is 4.98 Å². The molecule has 21 heavy (non-hydrogen) atoms. The van der Waals surface area contributed by atoms with Crippen LogP contribution in [-0.2, 0) is 4.79 Å². The van der Waals surface area contributed by atoms with E-state index in [9.17, 15) is 14.0 Å². The summed E-state index contributed by atoms with van der Waals surface area (Å²) in [6, 6.07) is 6.74. The number of rotatable bonds is 4. The quantitative estimate of drug-likeness (QED) is 0.678. The molecular weight excluding hydrogens is 297 g/mol. The average Bonchev–Trinajstić information content (AvgIpc) is 2.46. The van der Waals surface area contributed by atoms with Gasteiger partial charge < -0.3 is 5.11 Å². The smallest absolute Gasteiger partial charge is 0.313 e. The molecule has 106 valence electrons. The lowest BCUT2D eigenvalue weighted by Crippen LogP contribution is -2.13. The van der Waals surface area contributed by atoms with Crippen molar-refractivity contribution in [3.8, 4) is 11.8 Å². The number of carboxylic acid groups (broad SMARTS) is 1. The number of thioether (sulfide) groups is 1. The molecule has 1 aromatic heterocycles. The number of nitrogens with zero attached hydrogens (tertiary/aromatic N) is 3. The predicted molar refractivity (Wildman–Crippen MR) is 72.9 cm³/mol. The lowest BCUT2D eigenvalue weighted by atomic mass is 10.2. The minimum Gasteiger partial charge on any atom is -0.481 e. The summed E-state index contributed by atoms with van der Waals surface area (Å²) in [5, 5.41) is 17.7. The van der Waals surface area contributed by atoms with Crippen LogP contribution in [0.3, 0.4) is 0 Å². The van der Waals surface area contributed by atoms with Gasteiger partial charge in [-0.25, -0.2) is 4.39 Å². The fraction of sp³-hybridized carbons (Fsp3) is 0.0769. The van der Waals surface area contributed by atoms with Gasteiger partial charge in [0.1, 0.15) is 11.9 Å². The topological polar surface area (TPSA) is 96.0 Å². The summed E-state index contributed by atoms with van der Waals surface area (Å²) in [7, 11) is 0. The lowest BCUT2D eigenvalue weighted by Gasteiger charge is -2.11. The van der Waals surface area contributed by atoms with E-state index in [1.54, 1.807) is 6.07 Å². The van der Waals surface area contributed by atoms with Gasteiger partial charge in [-0.05, 0) is 18.2 Å². The van der Waals surface area contributed by atoms with Crippen molar-refractivity contribution in [3.05, 3.63) is 52.2 Å². The second-order valence-corrected chi connectivity index (χ2v) is 4.82. The Morgan fingerprint density at radius 2 is 2.24 bits per heavy atom. The first-order valence-corrected chi connectivity index (χ1v) is 6.64. The number of hydrogen-bond donors (Lipinski definition) is 1. The van der Waals surface area contributed by atoms with Gasteiger partial charge in [0.05, 0.1) is 11.3 Å². The Morgan fingerprint density at radius 3 is 2.90 bits per heavy atom. The standard InChI is InChI=1S/C13H8FN3O3S/c14-10-2-1-9(5-8(10)6-15)17-4-3-11(18)16-13(17)21-7-12(19)20/h1-5H,7H2,(H,19,20). The third-order valence-electron chi connectivity index (χ3n) is 2.45. The predicted octanol–water partition coefficient (Wildman–Crippen LogP) is 1.42. The Morgan fingerprint density at radius 1 is 1.48 bits per heavy atom. The minimum absolute atomic E-state index is 0.152. The Balaban J connectivity index is 2.50. The number of aromatic nitrogens is 2. The molecule has 8 heteroatoms. The van der Waals surface area contributed by atoms with Crippen LogP contribution in [-0.4, -0.2) is 26.4 Å². The van der Waals surface area contributed by atoms with Crippen molar-refractivity contribution in [2.24, 2.45) is 0 Å². The molecule has 0 saturated heterocycles. The van der Waals surface area contributed by atoms with Crippen molar-refractivity contribution >= 4 is 17.7 Å². The van der Waals surface area contributed by atoms with Crippen LogP contribution in [0.25, 0.3) is 5.69 Å². The summed E-state index contributed by atoms with van der Waals surface area (Å²) < 4.78 is 14.7. The molecule has 2 aromatic rings. The van der Waals surface area contributed by atoms with E-state index in [-0.39, 0.29) is 16.5 Å². The number of hydrogen-bond acceptors (Lipinski definition) is 5. The number of carbonyl (C=O) groups is 1. The first-order chi connectivity index (χ1) is 10.0. The number of benzene rings is 1. The van der Waals surface area contributed by atoms with E-state index in [4.69, 9.17) is 10.4 Å². The van der Waals surface area contributed by atoms with Crippen molar-refractivity contribution < 1.29 is 14.3 Å². The van der Waals surface area contributed by atoms with Gasteiger partial charge in [-0.3, -0.25) is 14.2 Å². The normalized spacial score (nSPS) is 10.1. The maximum Gasteiger partial charge on any atom is 0.313 e. The Hall–Kier alpha value is -2.66. The van der Waals surface area contributed by atoms with Gasteiger partial charge in [0.15, 0.2) is 5.16 Å². The molecule has 1 heterocycles. The summed E-state index contributed by atoms with van der Waals surface area (Å²) in [6.07, 6.45) is 1.40. The van der Waals surface area contributed by atoms with Crippen LogP contribution in [0.4, 0.5) is 4.39 Å². The summed E-state index contributed by atoms with van der Waals surface area (Å²) in [4.78, 5) is 25.6. The van der Waals surface area contributed by atoms with Crippen molar-refractivity contribution in [2.45, 2.75) is 5.16 Å². The zero-order chi connectivity index (χ0) is 15.4. The van der Waals surface area contributed by atoms with E-state index in [1.165, 1.54) is 29.0 Å². The van der Waals surface area contributed by atoms with Crippen LogP contribution in [0.15, 0.2) is 40.4 Å². The third-order valence-corrected chi connectivity index (χ3v) is 3.39. The van der Waals surface area contributed by atoms with Gasteiger partial charge >= 0.3 is 5.97 Å². The molecule has 0 fully saturated rings. The van der Waals surface area contributed by atoms with Crippen LogP contribution in [0, 0.1) is 17.1 Å². The number of carboxylic acids is 1. The fourth-order valence-electron chi connectivity index (χ4n) is 1.56. The summed E-state index contributed by atoms with van der Waals surface area (Å²) in [5.74, 6) is -1.99. The van der Waals surface area contributed by atoms with Crippen molar-refractivity contribution in [3.63, 3.8) is 0 Å². The van der Waals surface area contributed by atoms with Gasteiger partial charge in [-0.1, -0.05) is 11.8 Å². The first kappa shape index (κ1) is 14.7. The van der Waals surface area contributed by atoms with Gasteiger partial charge in [0.2, 0.25) is 0 Å². The Kier molecular flexibility index (Phi) is 4.35. The lowest BCUT2D eigenvalue weighted by molar-refractivity contribution is -0.133. The van der Waals surface area contributed by atoms with Crippen LogP contribution in [0.2, 0.25) is 0 Å². The SMILES string of the molecule is N#Cc1cc(-n2ccc(=O)nc2SCC(=O)O)ccc1F. The molecule has 0 amide bonds. The fourth-order valence-corrected chi connectivity index (χ4v) is 2.27. The molecule has 1 N–H and O–H groups in total. The molecule has 0 unspecified atom stereocenters. The molecule has 6 nitrogen and oxygen atoms in total. The highest BCUT2D eigenvalue weighted by atomic mass is 32.2. The molecular formula is C13H8FN3O3S. The zero-order valence-electron chi connectivity index (χ0n) is 10.5. The maximum atomic E-state index is 13.3. The van der Waals surface area contributed by atoms with Gasteiger partial charge in [-0.2, -0.15) is 10.2 Å². The maximum absolute atomic E-state index is 13.3. The van der Waals surface area contributed by atoms with Gasteiger partial charge in [-0.15, -0.1) is 0 Å². The van der Waals surface area contributed by atoms with Crippen molar-refractivity contribution in [1.29, 1.82) is 5.26 Å². The molecule has 0 aliphatic carbocycles. The summed E-state index contributed by atoms with van der Waals surface area (Å²) in [5.41, 5.74) is -0.254. The monoisotopic (exact) mass is 305 g/mol. The first-order valence-electron chi connectivity index (χ1n) is 5.65. The van der Waals surface area contributed by atoms with Gasteiger partial charge in [0.25, 0.3) is 5.56 Å². The van der Waals surface area contributed by atoms with E-state index in [0.29, 0.717) is 5.69 Å². The third kappa shape index (κ3) is 3.46. The number of aliphatic carboxylic acids is 1. The second-order valence-electron chi connectivity index (χ2n) is 3.88. The Labute approximate surface area is 122 Å². The number of halogens is 1. The summed E-state index contributed by atoms with van der Waals surface area (Å²) >= 11 is 0.857. The molecule has 0 aliphatic rings. The zero-order valence-corrected chi connectivity index (χ0v) is 11.3. The van der Waals surface area contributed by atoms with Crippen molar-refractivity contribution in [1.82, 2.24) is 9.55 Å². The highest BCUT2D eigenvalue weighted by Crippen LogP contribution is 2.20. The molecule has 0 bridgehead atoms. The molecule has 0 saturated carbocycles. The molecule has 0 atom stereocenters. The molecule has 2 rings (SSSR count). The molecule has 0 radical (unpaired) electrons. The number of nitriles is 1. The summed E-state index contributed by atoms with van der Waals surface area (Å²) in [6.45, 7) is 0.